The van der Waals surface area contributed by atoms with Gasteiger partial charge in [0.2, 0.25) is 0 Å². The highest BCUT2D eigenvalue weighted by Crippen LogP contribution is 2.19. The third-order valence-corrected chi connectivity index (χ3v) is 6.27. The summed E-state index contributed by atoms with van der Waals surface area (Å²) in [7, 11) is 0. The maximum Gasteiger partial charge on any atom is -0.0351 e. The number of hydrogen-bond donors (Lipinski definition) is 0. The first-order valence-corrected chi connectivity index (χ1v) is 13.5. The molecular formula is C28H56. The summed E-state index contributed by atoms with van der Waals surface area (Å²) in [6.07, 6.45) is 36.4. The molecule has 0 aliphatic rings. The van der Waals surface area contributed by atoms with Gasteiger partial charge in [0, 0.05) is 0 Å². The van der Waals surface area contributed by atoms with Crippen LogP contribution in [0.3, 0.4) is 0 Å². The van der Waals surface area contributed by atoms with Gasteiger partial charge in [-0.25, -0.2) is 0 Å². The van der Waals surface area contributed by atoms with Gasteiger partial charge in [0.25, 0.3) is 0 Å². The Morgan fingerprint density at radius 1 is 0.464 bits per heavy atom. The van der Waals surface area contributed by atoms with Crippen molar-refractivity contribution in [2.45, 2.75) is 162 Å². The molecule has 0 heterocycles. The molecule has 0 rings (SSSR count). The summed E-state index contributed by atoms with van der Waals surface area (Å²) in [5.74, 6) is 0.959. The third-order valence-electron chi connectivity index (χ3n) is 6.27. The summed E-state index contributed by atoms with van der Waals surface area (Å²) in [5.41, 5.74) is 0. The molecule has 0 saturated carbocycles. The van der Waals surface area contributed by atoms with Crippen molar-refractivity contribution in [2.24, 2.45) is 5.92 Å². The topological polar surface area (TPSA) is 0 Å². The minimum atomic E-state index is 0.959. The van der Waals surface area contributed by atoms with E-state index in [2.05, 4.69) is 32.9 Å². The molecule has 0 aromatic carbocycles. The lowest BCUT2D eigenvalue weighted by atomic mass is 9.96. The molecule has 0 amide bonds. The smallest absolute Gasteiger partial charge is 0.0351 e. The molecule has 1 atom stereocenters. The Hall–Kier alpha value is -0.260. The van der Waals surface area contributed by atoms with Crippen molar-refractivity contribution in [3.63, 3.8) is 0 Å². The minimum absolute atomic E-state index is 0.959. The van der Waals surface area contributed by atoms with Crippen LogP contribution in [0.5, 0.6) is 0 Å². The summed E-state index contributed by atoms with van der Waals surface area (Å²) in [4.78, 5) is 0. The zero-order valence-corrected chi connectivity index (χ0v) is 20.3. The summed E-state index contributed by atoms with van der Waals surface area (Å²) < 4.78 is 0. The van der Waals surface area contributed by atoms with E-state index < -0.39 is 0 Å². The summed E-state index contributed by atoms with van der Waals surface area (Å²) in [5, 5.41) is 0. The Bertz CT molecular complexity index is 290. The fourth-order valence-corrected chi connectivity index (χ4v) is 4.22. The van der Waals surface area contributed by atoms with Crippen LogP contribution in [-0.4, -0.2) is 0 Å². The van der Waals surface area contributed by atoms with Crippen LogP contribution in [0.25, 0.3) is 0 Å². The second kappa shape index (κ2) is 24.8. The molecule has 0 aromatic heterocycles. The van der Waals surface area contributed by atoms with Gasteiger partial charge >= 0.3 is 0 Å². The van der Waals surface area contributed by atoms with Crippen molar-refractivity contribution in [1.29, 1.82) is 0 Å². The standard InChI is InChI=1S/C28H56/c1-4-6-8-10-12-14-15-16-17-19-21-23-25-27-28(3)26-24-22-20-18-13-11-9-7-5-2/h7,9,28H,4-6,8,10-27H2,1-3H3/b9-7+. The van der Waals surface area contributed by atoms with E-state index in [9.17, 15) is 0 Å². The predicted molar refractivity (Wildman–Crippen MR) is 131 cm³/mol. The highest BCUT2D eigenvalue weighted by atomic mass is 14.1. The highest BCUT2D eigenvalue weighted by molar-refractivity contribution is 4.79. The van der Waals surface area contributed by atoms with E-state index in [-0.39, 0.29) is 0 Å². The van der Waals surface area contributed by atoms with Crippen LogP contribution >= 0.6 is 0 Å². The Morgan fingerprint density at radius 3 is 1.29 bits per heavy atom. The summed E-state index contributed by atoms with van der Waals surface area (Å²) >= 11 is 0. The van der Waals surface area contributed by atoms with Gasteiger partial charge in [-0.1, -0.05) is 155 Å². The van der Waals surface area contributed by atoms with E-state index in [0.717, 1.165) is 5.92 Å². The van der Waals surface area contributed by atoms with Crippen LogP contribution in [-0.2, 0) is 0 Å². The zero-order valence-electron chi connectivity index (χ0n) is 20.3. The first-order valence-electron chi connectivity index (χ1n) is 13.5. The van der Waals surface area contributed by atoms with Crippen LogP contribution in [0.1, 0.15) is 162 Å². The normalized spacial score (nSPS) is 12.8. The molecular weight excluding hydrogens is 336 g/mol. The predicted octanol–water partition coefficient (Wildman–Crippen LogP) is 10.8. The number of allylic oxidation sites excluding steroid dienone is 2. The Labute approximate surface area is 180 Å². The van der Waals surface area contributed by atoms with E-state index in [1.54, 1.807) is 0 Å². The fraction of sp³-hybridized carbons (Fsp3) is 0.929. The van der Waals surface area contributed by atoms with Crippen molar-refractivity contribution >= 4 is 0 Å². The van der Waals surface area contributed by atoms with E-state index in [0.29, 0.717) is 0 Å². The van der Waals surface area contributed by atoms with Gasteiger partial charge in [-0.05, 0) is 25.2 Å². The van der Waals surface area contributed by atoms with Crippen molar-refractivity contribution in [3.8, 4) is 0 Å². The largest absolute Gasteiger partial charge is 0.0888 e. The van der Waals surface area contributed by atoms with Crippen LogP contribution in [0, 0.1) is 5.92 Å². The van der Waals surface area contributed by atoms with Gasteiger partial charge in [-0.2, -0.15) is 0 Å². The monoisotopic (exact) mass is 392 g/mol. The van der Waals surface area contributed by atoms with Crippen molar-refractivity contribution in [1.82, 2.24) is 0 Å². The Balaban J connectivity index is 3.15. The van der Waals surface area contributed by atoms with Gasteiger partial charge in [0.1, 0.15) is 0 Å². The first-order chi connectivity index (χ1) is 13.8. The molecule has 28 heavy (non-hydrogen) atoms. The summed E-state index contributed by atoms with van der Waals surface area (Å²) in [6, 6.07) is 0. The maximum atomic E-state index is 2.48. The average molecular weight is 393 g/mol. The molecule has 0 radical (unpaired) electrons. The van der Waals surface area contributed by atoms with Crippen molar-refractivity contribution < 1.29 is 0 Å². The van der Waals surface area contributed by atoms with Gasteiger partial charge < -0.3 is 0 Å². The molecule has 168 valence electrons. The van der Waals surface area contributed by atoms with Crippen molar-refractivity contribution in [2.75, 3.05) is 0 Å². The second-order valence-corrected chi connectivity index (χ2v) is 9.36. The molecule has 0 saturated heterocycles. The van der Waals surface area contributed by atoms with Gasteiger partial charge in [-0.15, -0.1) is 0 Å². The molecule has 0 N–H and O–H groups in total. The van der Waals surface area contributed by atoms with E-state index in [1.807, 2.05) is 0 Å². The molecule has 0 aliphatic carbocycles. The molecule has 0 aliphatic heterocycles. The van der Waals surface area contributed by atoms with Crippen LogP contribution in [0.15, 0.2) is 12.2 Å². The molecule has 0 fully saturated rings. The highest BCUT2D eigenvalue weighted by Gasteiger charge is 2.02. The van der Waals surface area contributed by atoms with E-state index in [4.69, 9.17) is 0 Å². The average Bonchev–Trinajstić information content (AvgIpc) is 2.70. The Morgan fingerprint density at radius 2 is 0.857 bits per heavy atom. The van der Waals surface area contributed by atoms with Crippen LogP contribution < -0.4 is 0 Å². The van der Waals surface area contributed by atoms with Crippen LogP contribution in [0.2, 0.25) is 0 Å². The van der Waals surface area contributed by atoms with Gasteiger partial charge in [-0.3, -0.25) is 0 Å². The van der Waals surface area contributed by atoms with E-state index >= 15 is 0 Å². The lowest BCUT2D eigenvalue weighted by molar-refractivity contribution is 0.431. The Kier molecular flexibility index (Phi) is 24.5. The first kappa shape index (κ1) is 27.7. The SMILES string of the molecule is CC/C=C/CCCCCCCC(C)CCCCCCCCCCCCCCC. The molecule has 1 unspecified atom stereocenters. The second-order valence-electron chi connectivity index (χ2n) is 9.36. The summed E-state index contributed by atoms with van der Waals surface area (Å²) in [6.45, 7) is 7.00. The van der Waals surface area contributed by atoms with Crippen LogP contribution in [0.4, 0.5) is 0 Å². The van der Waals surface area contributed by atoms with E-state index in [1.165, 1.54) is 141 Å². The number of hydrogen-bond acceptors (Lipinski definition) is 0. The molecule has 0 bridgehead atoms. The quantitative estimate of drug-likeness (QED) is 0.120. The molecule has 0 heteroatoms. The lowest BCUT2D eigenvalue weighted by Gasteiger charge is -2.11. The fourth-order valence-electron chi connectivity index (χ4n) is 4.22. The number of rotatable bonds is 23. The van der Waals surface area contributed by atoms with Gasteiger partial charge in [0.05, 0.1) is 0 Å². The molecule has 0 spiro atoms. The molecule has 0 aromatic rings. The zero-order chi connectivity index (χ0) is 20.5. The van der Waals surface area contributed by atoms with Gasteiger partial charge in [0.15, 0.2) is 0 Å². The van der Waals surface area contributed by atoms with Crippen molar-refractivity contribution in [3.05, 3.63) is 12.2 Å². The third kappa shape index (κ3) is 23.8. The lowest BCUT2D eigenvalue weighted by Crippen LogP contribution is -1.95. The maximum absolute atomic E-state index is 2.48. The minimum Gasteiger partial charge on any atom is -0.0888 e. The molecule has 0 nitrogen and oxygen atoms in total. The number of unbranched alkanes of at least 4 members (excludes halogenated alkanes) is 17.